The molecule has 4 N–H and O–H groups in total. The first kappa shape index (κ1) is 52.3. The Morgan fingerprint density at radius 3 is 0.943 bits per heavy atom. The summed E-state index contributed by atoms with van der Waals surface area (Å²) in [5.41, 5.74) is 0. The van der Waals surface area contributed by atoms with E-state index in [2.05, 4.69) is 19.2 Å². The van der Waals surface area contributed by atoms with Crippen molar-refractivity contribution in [3.63, 3.8) is 0 Å². The first-order valence-corrected chi connectivity index (χ1v) is 24.9. The zero-order valence-corrected chi connectivity index (χ0v) is 36.1. The van der Waals surface area contributed by atoms with Crippen molar-refractivity contribution in [1.82, 2.24) is 5.32 Å². The molecule has 0 saturated heterocycles. The maximum Gasteiger partial charge on any atom is 0.266 e. The highest BCUT2D eigenvalue weighted by Gasteiger charge is 2.28. The molecule has 0 spiro atoms. The number of aliphatic hydroxyl groups is 2. The van der Waals surface area contributed by atoms with Gasteiger partial charge in [-0.15, -0.1) is 0 Å². The fourth-order valence-corrected chi connectivity index (χ4v) is 8.34. The highest BCUT2D eigenvalue weighted by Crippen LogP contribution is 2.17. The summed E-state index contributed by atoms with van der Waals surface area (Å²) in [6.07, 6.45) is 44.1. The van der Waals surface area contributed by atoms with Crippen molar-refractivity contribution in [3.05, 3.63) is 0 Å². The molecule has 3 atom stereocenters. The van der Waals surface area contributed by atoms with Gasteiger partial charge in [0.1, 0.15) is 6.10 Å². The molecule has 0 radical (unpaired) electrons. The van der Waals surface area contributed by atoms with E-state index in [1.807, 2.05) is 0 Å². The van der Waals surface area contributed by atoms with Crippen LogP contribution in [0.25, 0.3) is 0 Å². The van der Waals surface area contributed by atoms with Crippen LogP contribution in [0.4, 0.5) is 0 Å². The van der Waals surface area contributed by atoms with Crippen molar-refractivity contribution in [2.75, 3.05) is 5.75 Å². The molecule has 318 valence electrons. The Balaban J connectivity index is 3.82. The van der Waals surface area contributed by atoms with E-state index < -0.39 is 40.0 Å². The summed E-state index contributed by atoms with van der Waals surface area (Å²) in [5.74, 6) is -1.44. The molecule has 0 rings (SSSR count). The maximum atomic E-state index is 12.6. The summed E-state index contributed by atoms with van der Waals surface area (Å²) in [7, 11) is -4.40. The van der Waals surface area contributed by atoms with Crippen LogP contribution in [0, 0.1) is 0 Å². The predicted octanol–water partition coefficient (Wildman–Crippen LogP) is 12.9. The number of aliphatic hydroxyl groups excluding tert-OH is 2. The monoisotopic (exact) mass is 774 g/mol. The van der Waals surface area contributed by atoms with E-state index in [4.69, 9.17) is 0 Å². The zero-order valence-electron chi connectivity index (χ0n) is 35.3. The van der Waals surface area contributed by atoms with Gasteiger partial charge in [-0.1, -0.05) is 245 Å². The van der Waals surface area contributed by atoms with E-state index in [1.54, 1.807) is 0 Å². The quantitative estimate of drug-likeness (QED) is 0.0361. The van der Waals surface area contributed by atoms with Crippen molar-refractivity contribution in [3.8, 4) is 0 Å². The molecule has 0 aliphatic rings. The lowest BCUT2D eigenvalue weighted by Crippen LogP contribution is -2.50. The molecule has 0 aliphatic heterocycles. The van der Waals surface area contributed by atoms with Gasteiger partial charge in [0.05, 0.1) is 17.9 Å². The summed E-state index contributed by atoms with van der Waals surface area (Å²) in [6.45, 7) is 4.53. The minimum Gasteiger partial charge on any atom is -0.391 e. The van der Waals surface area contributed by atoms with Crippen LogP contribution >= 0.6 is 0 Å². The molecule has 3 unspecified atom stereocenters. The standard InChI is InChI=1S/C45H91NO6S/c1-3-5-7-9-11-13-15-17-19-20-21-22-23-24-25-26-28-30-32-34-36-38-40-44(48)45(49)46-42(41-53(50,51)52)43(47)39-37-35-33-31-29-27-18-16-14-12-10-8-6-4-2/h42-44,47-48H,3-41H2,1-2H3,(H,46,49)(H,50,51,52). The molecule has 8 heteroatoms. The van der Waals surface area contributed by atoms with E-state index in [-0.39, 0.29) is 0 Å². The van der Waals surface area contributed by atoms with Crippen LogP contribution in [0.2, 0.25) is 0 Å². The average Bonchev–Trinajstić information content (AvgIpc) is 3.12. The van der Waals surface area contributed by atoms with Gasteiger partial charge in [0.15, 0.2) is 0 Å². The van der Waals surface area contributed by atoms with Gasteiger partial charge in [-0.25, -0.2) is 0 Å². The number of amides is 1. The lowest BCUT2D eigenvalue weighted by Gasteiger charge is -2.24. The lowest BCUT2D eigenvalue weighted by atomic mass is 10.0. The van der Waals surface area contributed by atoms with E-state index >= 15 is 0 Å². The van der Waals surface area contributed by atoms with Crippen LogP contribution in [0.5, 0.6) is 0 Å². The SMILES string of the molecule is CCCCCCCCCCCCCCCCCCCCCCCCC(O)C(=O)NC(CS(=O)(=O)O)C(O)CCCCCCCCCCCCCCCC. The molecule has 0 fully saturated rings. The predicted molar refractivity (Wildman–Crippen MR) is 227 cm³/mol. The van der Waals surface area contributed by atoms with E-state index in [0.717, 1.165) is 44.9 Å². The number of hydrogen-bond acceptors (Lipinski definition) is 5. The van der Waals surface area contributed by atoms with E-state index in [9.17, 15) is 28.0 Å². The van der Waals surface area contributed by atoms with Crippen LogP contribution in [-0.2, 0) is 14.9 Å². The van der Waals surface area contributed by atoms with Crippen LogP contribution < -0.4 is 5.32 Å². The highest BCUT2D eigenvalue weighted by molar-refractivity contribution is 7.85. The smallest absolute Gasteiger partial charge is 0.266 e. The molecule has 0 aromatic carbocycles. The summed E-state index contributed by atoms with van der Waals surface area (Å²) < 4.78 is 32.6. The summed E-state index contributed by atoms with van der Waals surface area (Å²) in [4.78, 5) is 12.6. The Labute approximate surface area is 330 Å². The average molecular weight is 774 g/mol. The normalized spacial score (nSPS) is 13.7. The fourth-order valence-electron chi connectivity index (χ4n) is 7.58. The Hall–Kier alpha value is -0.700. The molecule has 0 bridgehead atoms. The van der Waals surface area contributed by atoms with E-state index in [0.29, 0.717) is 12.8 Å². The molecule has 1 amide bonds. The van der Waals surface area contributed by atoms with Gasteiger partial charge in [0.25, 0.3) is 10.1 Å². The highest BCUT2D eigenvalue weighted by atomic mass is 32.2. The number of carbonyl (C=O) groups is 1. The molecule has 0 heterocycles. The van der Waals surface area contributed by atoms with Crippen LogP contribution in [-0.4, -0.2) is 53.1 Å². The van der Waals surface area contributed by atoms with Crippen LogP contribution in [0.15, 0.2) is 0 Å². The van der Waals surface area contributed by atoms with Gasteiger partial charge in [-0.2, -0.15) is 8.42 Å². The molecule has 0 aromatic heterocycles. The van der Waals surface area contributed by atoms with Crippen molar-refractivity contribution in [1.29, 1.82) is 0 Å². The number of unbranched alkanes of at least 4 members (excludes halogenated alkanes) is 34. The first-order chi connectivity index (χ1) is 25.7. The molecular weight excluding hydrogens is 683 g/mol. The van der Waals surface area contributed by atoms with Gasteiger partial charge in [-0.3, -0.25) is 9.35 Å². The van der Waals surface area contributed by atoms with Gasteiger partial charge in [0.2, 0.25) is 5.91 Å². The van der Waals surface area contributed by atoms with Crippen molar-refractivity contribution < 1.29 is 28.0 Å². The Morgan fingerprint density at radius 2 is 0.679 bits per heavy atom. The minimum absolute atomic E-state index is 0.304. The van der Waals surface area contributed by atoms with Crippen molar-refractivity contribution >= 4 is 16.0 Å². The number of hydrogen-bond donors (Lipinski definition) is 4. The number of carbonyl (C=O) groups excluding carboxylic acids is 1. The zero-order chi connectivity index (χ0) is 39.1. The minimum atomic E-state index is -4.40. The van der Waals surface area contributed by atoms with Crippen molar-refractivity contribution in [2.24, 2.45) is 0 Å². The maximum absolute atomic E-state index is 12.6. The second kappa shape index (κ2) is 39.5. The molecule has 7 nitrogen and oxygen atoms in total. The Bertz CT molecular complexity index is 869. The fraction of sp³-hybridized carbons (Fsp3) is 0.978. The summed E-state index contributed by atoms with van der Waals surface area (Å²) >= 11 is 0. The van der Waals surface area contributed by atoms with Gasteiger partial charge < -0.3 is 15.5 Å². The second-order valence-corrected chi connectivity index (χ2v) is 18.0. The van der Waals surface area contributed by atoms with Gasteiger partial charge in [-0.05, 0) is 12.8 Å². The van der Waals surface area contributed by atoms with Crippen LogP contribution in [0.1, 0.15) is 258 Å². The molecular formula is C45H91NO6S. The molecule has 0 aliphatic carbocycles. The third kappa shape index (κ3) is 39.3. The number of nitrogens with one attached hydrogen (secondary N) is 1. The third-order valence-electron chi connectivity index (χ3n) is 11.2. The summed E-state index contributed by atoms with van der Waals surface area (Å²) in [5, 5.41) is 23.6. The molecule has 0 aromatic rings. The van der Waals surface area contributed by atoms with E-state index in [1.165, 1.54) is 186 Å². The largest absolute Gasteiger partial charge is 0.391 e. The summed E-state index contributed by atoms with van der Waals surface area (Å²) in [6, 6.07) is -1.14. The molecule has 53 heavy (non-hydrogen) atoms. The van der Waals surface area contributed by atoms with Crippen molar-refractivity contribution in [2.45, 2.75) is 276 Å². The third-order valence-corrected chi connectivity index (χ3v) is 11.9. The van der Waals surface area contributed by atoms with Gasteiger partial charge >= 0.3 is 0 Å². The van der Waals surface area contributed by atoms with Crippen LogP contribution in [0.3, 0.4) is 0 Å². The topological polar surface area (TPSA) is 124 Å². The molecule has 0 saturated carbocycles. The lowest BCUT2D eigenvalue weighted by molar-refractivity contribution is -0.131. The number of rotatable bonds is 43. The first-order valence-electron chi connectivity index (χ1n) is 23.3. The Kier molecular flexibility index (Phi) is 39.0. The Morgan fingerprint density at radius 1 is 0.434 bits per heavy atom. The second-order valence-electron chi connectivity index (χ2n) is 16.5. The van der Waals surface area contributed by atoms with Gasteiger partial charge in [0, 0.05) is 0 Å².